The van der Waals surface area contributed by atoms with Gasteiger partial charge in [-0.15, -0.1) is 0 Å². The normalized spacial score (nSPS) is 26.3. The number of cyclic esters (lactones) is 1. The van der Waals surface area contributed by atoms with Crippen molar-refractivity contribution < 1.29 is 23.1 Å². The lowest BCUT2D eigenvalue weighted by Gasteiger charge is -2.29. The molecular weight excluding hydrogens is 354 g/mol. The van der Waals surface area contributed by atoms with Crippen LogP contribution < -0.4 is 5.32 Å². The van der Waals surface area contributed by atoms with Gasteiger partial charge in [0.25, 0.3) is 0 Å². The fraction of sp³-hybridized carbons (Fsp3) is 0.684. The molecule has 2 aliphatic rings. The van der Waals surface area contributed by atoms with Gasteiger partial charge in [-0.1, -0.05) is 13.8 Å². The number of rotatable bonds is 8. The Morgan fingerprint density at radius 2 is 2.12 bits per heavy atom. The van der Waals surface area contributed by atoms with Gasteiger partial charge in [-0.2, -0.15) is 0 Å². The Bertz CT molecular complexity index is 663. The highest BCUT2D eigenvalue weighted by Gasteiger charge is 2.38. The number of hydrogen-bond donors (Lipinski definition) is 2. The van der Waals surface area contributed by atoms with Gasteiger partial charge in [-0.05, 0) is 68.9 Å². The summed E-state index contributed by atoms with van der Waals surface area (Å²) in [5, 5.41) is 2.61. The van der Waals surface area contributed by atoms with Crippen LogP contribution in [0, 0.1) is 11.3 Å². The predicted octanol–water partition coefficient (Wildman–Crippen LogP) is 3.42. The molecule has 3 atom stereocenters. The highest BCUT2D eigenvalue weighted by Crippen LogP contribution is 2.49. The molecule has 0 bridgehead atoms. The lowest BCUT2D eigenvalue weighted by Crippen LogP contribution is -2.42. The zero-order valence-electron chi connectivity index (χ0n) is 16.0. The number of carbonyl (C=O) groups is 2. The van der Waals surface area contributed by atoms with E-state index in [0.29, 0.717) is 23.8 Å². The fourth-order valence-electron chi connectivity index (χ4n) is 3.27. The number of esters is 1. The third kappa shape index (κ3) is 5.27. The predicted molar refractivity (Wildman–Crippen MR) is 100 cm³/mol. The summed E-state index contributed by atoms with van der Waals surface area (Å²) in [6.45, 7) is 7.50. The van der Waals surface area contributed by atoms with Gasteiger partial charge in [0, 0.05) is 6.08 Å². The van der Waals surface area contributed by atoms with Crippen LogP contribution in [0.4, 0.5) is 0 Å². The van der Waals surface area contributed by atoms with E-state index in [9.17, 15) is 18.4 Å². The maximum Gasteiger partial charge on any atom is 0.331 e. The summed E-state index contributed by atoms with van der Waals surface area (Å²) in [5.41, 5.74) is 1.81. The maximum absolute atomic E-state index is 12.8. The molecule has 0 saturated heterocycles. The van der Waals surface area contributed by atoms with Crippen molar-refractivity contribution in [3.8, 4) is 0 Å². The standard InChI is InChI=1S/C19H29NO5S/c1-5-12(2)18(26(23)24)20-17(22)16-13(3)25-15(21)11-14(16)7-6-8-19(4)9-10-19/h11,13,16H,5-10H2,1-4H3,(H,20,22)(H,23,24). The van der Waals surface area contributed by atoms with Gasteiger partial charge >= 0.3 is 5.97 Å². The Kier molecular flexibility index (Phi) is 6.80. The Balaban J connectivity index is 2.13. The molecule has 2 rings (SSSR count). The number of nitrogens with one attached hydrogen (secondary N) is 1. The zero-order chi connectivity index (χ0) is 19.5. The van der Waals surface area contributed by atoms with Crippen molar-refractivity contribution in [2.24, 2.45) is 11.3 Å². The Morgan fingerprint density at radius 3 is 2.65 bits per heavy atom. The van der Waals surface area contributed by atoms with E-state index in [1.54, 1.807) is 13.8 Å². The fourth-order valence-corrected chi connectivity index (χ4v) is 3.90. The monoisotopic (exact) mass is 383 g/mol. The molecule has 6 nitrogen and oxygen atoms in total. The van der Waals surface area contributed by atoms with Crippen LogP contribution in [-0.4, -0.2) is 26.7 Å². The third-order valence-corrected chi connectivity index (χ3v) is 6.24. The van der Waals surface area contributed by atoms with Crippen molar-refractivity contribution in [2.45, 2.75) is 72.3 Å². The number of carbonyl (C=O) groups excluding carboxylic acids is 2. The van der Waals surface area contributed by atoms with Gasteiger partial charge in [0.2, 0.25) is 17.0 Å². The minimum atomic E-state index is -2.28. The molecule has 146 valence electrons. The summed E-state index contributed by atoms with van der Waals surface area (Å²) in [5.74, 6) is -1.47. The summed E-state index contributed by atoms with van der Waals surface area (Å²) in [7, 11) is 0. The smallest absolute Gasteiger partial charge is 0.331 e. The summed E-state index contributed by atoms with van der Waals surface area (Å²) in [4.78, 5) is 24.6. The molecule has 1 aliphatic carbocycles. The van der Waals surface area contributed by atoms with E-state index in [4.69, 9.17) is 4.74 Å². The van der Waals surface area contributed by atoms with E-state index in [1.807, 2.05) is 6.92 Å². The van der Waals surface area contributed by atoms with Crippen molar-refractivity contribution in [1.29, 1.82) is 0 Å². The van der Waals surface area contributed by atoms with E-state index >= 15 is 0 Å². The number of hydrogen-bond acceptors (Lipinski definition) is 4. The molecule has 3 unspecified atom stereocenters. The number of amides is 1. The summed E-state index contributed by atoms with van der Waals surface area (Å²) >= 11 is -2.28. The molecule has 1 fully saturated rings. The molecule has 1 heterocycles. The van der Waals surface area contributed by atoms with Crippen LogP contribution in [0.1, 0.15) is 66.2 Å². The highest BCUT2D eigenvalue weighted by atomic mass is 32.2. The molecule has 7 heteroatoms. The van der Waals surface area contributed by atoms with Crippen LogP contribution in [0.3, 0.4) is 0 Å². The number of ether oxygens (including phenoxy) is 1. The topological polar surface area (TPSA) is 92.7 Å². The second kappa shape index (κ2) is 8.48. The van der Waals surface area contributed by atoms with Gasteiger partial charge in [0.1, 0.15) is 11.1 Å². The van der Waals surface area contributed by atoms with Gasteiger partial charge in [0.15, 0.2) is 0 Å². The molecular formula is C19H29NO5S. The van der Waals surface area contributed by atoms with E-state index < -0.39 is 35.0 Å². The average molecular weight is 384 g/mol. The SMILES string of the molecule is CCC(C)=C(NC(=O)C1C(CCCC2(C)CC2)=CC(=O)OC1C)S(=O)O. The van der Waals surface area contributed by atoms with Gasteiger partial charge in [-0.3, -0.25) is 4.79 Å². The van der Waals surface area contributed by atoms with Crippen LogP contribution in [-0.2, 0) is 25.4 Å². The summed E-state index contributed by atoms with van der Waals surface area (Å²) < 4.78 is 26.2. The minimum absolute atomic E-state index is 0.0199. The number of allylic oxidation sites excluding steroid dienone is 1. The van der Waals surface area contributed by atoms with E-state index in [0.717, 1.165) is 18.4 Å². The first kappa shape index (κ1) is 20.8. The molecule has 0 aromatic rings. The first-order valence-corrected chi connectivity index (χ1v) is 10.3. The minimum Gasteiger partial charge on any atom is -0.458 e. The van der Waals surface area contributed by atoms with Crippen LogP contribution in [0.5, 0.6) is 0 Å². The molecule has 1 saturated carbocycles. The molecule has 0 spiro atoms. The quantitative estimate of drug-likeness (QED) is 0.495. The lowest BCUT2D eigenvalue weighted by atomic mass is 9.86. The van der Waals surface area contributed by atoms with Crippen LogP contribution in [0.2, 0.25) is 0 Å². The summed E-state index contributed by atoms with van der Waals surface area (Å²) in [6, 6.07) is 0. The zero-order valence-corrected chi connectivity index (χ0v) is 16.8. The first-order valence-electron chi connectivity index (χ1n) is 9.19. The first-order chi connectivity index (χ1) is 12.2. The molecule has 0 aromatic heterocycles. The molecule has 1 aliphatic heterocycles. The van der Waals surface area contributed by atoms with Crippen molar-refractivity contribution in [3.05, 3.63) is 22.3 Å². The molecule has 2 N–H and O–H groups in total. The van der Waals surface area contributed by atoms with Crippen LogP contribution >= 0.6 is 0 Å². The second-order valence-electron chi connectivity index (χ2n) is 7.70. The van der Waals surface area contributed by atoms with Crippen LogP contribution in [0.25, 0.3) is 0 Å². The van der Waals surface area contributed by atoms with Crippen LogP contribution in [0.15, 0.2) is 22.3 Å². The molecule has 0 radical (unpaired) electrons. The molecule has 26 heavy (non-hydrogen) atoms. The summed E-state index contributed by atoms with van der Waals surface area (Å²) in [6.07, 6.45) is 6.47. The van der Waals surface area contributed by atoms with Crippen molar-refractivity contribution in [2.75, 3.05) is 0 Å². The van der Waals surface area contributed by atoms with E-state index in [1.165, 1.54) is 18.9 Å². The third-order valence-electron chi connectivity index (χ3n) is 5.44. The van der Waals surface area contributed by atoms with Crippen molar-refractivity contribution in [1.82, 2.24) is 5.32 Å². The van der Waals surface area contributed by atoms with Gasteiger partial charge < -0.3 is 14.6 Å². The van der Waals surface area contributed by atoms with Crippen molar-refractivity contribution >= 4 is 23.0 Å². The average Bonchev–Trinajstić information content (AvgIpc) is 3.28. The van der Waals surface area contributed by atoms with Gasteiger partial charge in [-0.25, -0.2) is 9.00 Å². The largest absolute Gasteiger partial charge is 0.458 e. The van der Waals surface area contributed by atoms with E-state index in [2.05, 4.69) is 12.2 Å². The van der Waals surface area contributed by atoms with E-state index in [-0.39, 0.29) is 5.03 Å². The van der Waals surface area contributed by atoms with Gasteiger partial charge in [0.05, 0.1) is 5.92 Å². The molecule has 0 aromatic carbocycles. The lowest BCUT2D eigenvalue weighted by molar-refractivity contribution is -0.148. The van der Waals surface area contributed by atoms with Crippen molar-refractivity contribution in [3.63, 3.8) is 0 Å². The second-order valence-corrected chi connectivity index (χ2v) is 8.61. The maximum atomic E-state index is 12.8. The Hall–Kier alpha value is -1.47. The Labute approximate surface area is 157 Å². The highest BCUT2D eigenvalue weighted by molar-refractivity contribution is 7.83. The molecule has 1 amide bonds. The Morgan fingerprint density at radius 1 is 1.46 bits per heavy atom.